The molecule has 0 bridgehead atoms. The van der Waals surface area contributed by atoms with Crippen LogP contribution in [0, 0.1) is 0 Å². The Bertz CT molecular complexity index is 1300. The minimum absolute atomic E-state index is 0.0395. The van der Waals surface area contributed by atoms with Gasteiger partial charge in [0.2, 0.25) is 21.8 Å². The van der Waals surface area contributed by atoms with Crippen molar-refractivity contribution in [3.63, 3.8) is 0 Å². The molecule has 2 fully saturated rings. The molecule has 1 N–H and O–H groups in total. The SMILES string of the molecule is CC(C(=O)N1CCOC(C(=O)N(C)C)C1)N1CCC(NS(=O)(=O)c2ccc3cc(Cl)ccc3c2)C1=O. The van der Waals surface area contributed by atoms with E-state index in [9.17, 15) is 22.8 Å². The first kappa shape index (κ1) is 26.3. The van der Waals surface area contributed by atoms with E-state index in [0.717, 1.165) is 5.39 Å². The number of carbonyl (C=O) groups excluding carboxylic acids is 3. The molecular formula is C24H29ClN4O6S. The Balaban J connectivity index is 1.42. The minimum Gasteiger partial charge on any atom is -0.365 e. The average Bonchev–Trinajstić information content (AvgIpc) is 3.21. The summed E-state index contributed by atoms with van der Waals surface area (Å²) in [5, 5.41) is 2.06. The van der Waals surface area contributed by atoms with Crippen LogP contribution in [0.15, 0.2) is 41.3 Å². The Labute approximate surface area is 215 Å². The van der Waals surface area contributed by atoms with Gasteiger partial charge >= 0.3 is 0 Å². The second kappa shape index (κ2) is 10.3. The fourth-order valence-corrected chi connectivity index (χ4v) is 5.94. The van der Waals surface area contributed by atoms with Crippen LogP contribution in [0.2, 0.25) is 5.02 Å². The molecule has 36 heavy (non-hydrogen) atoms. The van der Waals surface area contributed by atoms with E-state index < -0.39 is 34.1 Å². The molecule has 2 aromatic carbocycles. The molecule has 194 valence electrons. The molecule has 10 nitrogen and oxygen atoms in total. The van der Waals surface area contributed by atoms with E-state index in [4.69, 9.17) is 16.3 Å². The minimum atomic E-state index is -3.98. The van der Waals surface area contributed by atoms with Crippen LogP contribution < -0.4 is 4.72 Å². The summed E-state index contributed by atoms with van der Waals surface area (Å²) in [6.45, 7) is 2.48. The maximum Gasteiger partial charge on any atom is 0.253 e. The number of hydrogen-bond acceptors (Lipinski definition) is 6. The monoisotopic (exact) mass is 536 g/mol. The maximum absolute atomic E-state index is 13.1. The summed E-state index contributed by atoms with van der Waals surface area (Å²) in [5.74, 6) is -0.996. The summed E-state index contributed by atoms with van der Waals surface area (Å²) in [6, 6.07) is 8.03. The number of fused-ring (bicyclic) bond motifs is 1. The van der Waals surface area contributed by atoms with E-state index >= 15 is 0 Å². The average molecular weight is 537 g/mol. The third-order valence-corrected chi connectivity index (χ3v) is 8.25. The van der Waals surface area contributed by atoms with Crippen LogP contribution >= 0.6 is 11.6 Å². The summed E-state index contributed by atoms with van der Waals surface area (Å²) in [4.78, 5) is 42.8. The number of amides is 3. The summed E-state index contributed by atoms with van der Waals surface area (Å²) in [7, 11) is -0.742. The lowest BCUT2D eigenvalue weighted by atomic mass is 10.1. The molecule has 2 aliphatic heterocycles. The molecule has 0 aromatic heterocycles. The Hall–Kier alpha value is -2.73. The lowest BCUT2D eigenvalue weighted by Gasteiger charge is -2.36. The van der Waals surface area contributed by atoms with Crippen molar-refractivity contribution in [3.05, 3.63) is 41.4 Å². The van der Waals surface area contributed by atoms with Crippen molar-refractivity contribution in [2.45, 2.75) is 36.4 Å². The van der Waals surface area contributed by atoms with Crippen molar-refractivity contribution in [2.24, 2.45) is 0 Å². The van der Waals surface area contributed by atoms with Crippen LogP contribution in [-0.4, -0.2) is 99.4 Å². The number of nitrogens with zero attached hydrogens (tertiary/aromatic N) is 3. The van der Waals surface area contributed by atoms with Crippen molar-refractivity contribution >= 4 is 50.1 Å². The van der Waals surface area contributed by atoms with E-state index in [1.165, 1.54) is 26.8 Å². The Morgan fingerprint density at radius 3 is 2.56 bits per heavy atom. The normalized spacial score (nSPS) is 21.6. The Kier molecular flexibility index (Phi) is 7.56. The van der Waals surface area contributed by atoms with E-state index in [0.29, 0.717) is 17.0 Å². The maximum atomic E-state index is 13.1. The van der Waals surface area contributed by atoms with E-state index in [2.05, 4.69) is 4.72 Å². The first-order valence-electron chi connectivity index (χ1n) is 11.6. The number of nitrogens with one attached hydrogen (secondary N) is 1. The largest absolute Gasteiger partial charge is 0.365 e. The molecule has 2 heterocycles. The van der Waals surface area contributed by atoms with Crippen LogP contribution in [0.1, 0.15) is 13.3 Å². The van der Waals surface area contributed by atoms with Gasteiger partial charge in [0.05, 0.1) is 18.0 Å². The van der Waals surface area contributed by atoms with Gasteiger partial charge in [-0.05, 0) is 48.4 Å². The number of carbonyl (C=O) groups is 3. The topological polar surface area (TPSA) is 116 Å². The van der Waals surface area contributed by atoms with Crippen molar-refractivity contribution in [1.82, 2.24) is 19.4 Å². The molecule has 2 saturated heterocycles. The molecule has 3 amide bonds. The van der Waals surface area contributed by atoms with Crippen molar-refractivity contribution in [3.8, 4) is 0 Å². The molecule has 2 aromatic rings. The van der Waals surface area contributed by atoms with Gasteiger partial charge in [0.1, 0.15) is 12.1 Å². The van der Waals surface area contributed by atoms with Gasteiger partial charge in [-0.25, -0.2) is 8.42 Å². The van der Waals surface area contributed by atoms with E-state index in [1.54, 1.807) is 45.3 Å². The molecule has 3 atom stereocenters. The van der Waals surface area contributed by atoms with Crippen LogP contribution in [-0.2, 0) is 29.1 Å². The number of ether oxygens (including phenoxy) is 1. The van der Waals surface area contributed by atoms with Gasteiger partial charge in [0.25, 0.3) is 5.91 Å². The highest BCUT2D eigenvalue weighted by molar-refractivity contribution is 7.89. The molecule has 0 saturated carbocycles. The highest BCUT2D eigenvalue weighted by Crippen LogP contribution is 2.24. The van der Waals surface area contributed by atoms with Gasteiger partial charge in [-0.2, -0.15) is 4.72 Å². The molecule has 3 unspecified atom stereocenters. The summed E-state index contributed by atoms with van der Waals surface area (Å²) in [5.41, 5.74) is 0. The van der Waals surface area contributed by atoms with Gasteiger partial charge in [-0.1, -0.05) is 23.7 Å². The summed E-state index contributed by atoms with van der Waals surface area (Å²) >= 11 is 6.00. The van der Waals surface area contributed by atoms with Gasteiger partial charge < -0.3 is 19.4 Å². The number of likely N-dealkylation sites (tertiary alicyclic amines) is 1. The lowest BCUT2D eigenvalue weighted by Crippen LogP contribution is -2.56. The third kappa shape index (κ3) is 5.34. The summed E-state index contributed by atoms with van der Waals surface area (Å²) < 4.78 is 34.0. The van der Waals surface area contributed by atoms with Crippen LogP contribution in [0.4, 0.5) is 0 Å². The molecule has 0 radical (unpaired) electrons. The standard InChI is InChI=1S/C24H29ClN4O6S/c1-15(22(30)28-10-11-35-21(14-28)24(32)27(2)3)29-9-8-20(23(29)31)26-36(33,34)19-7-5-16-12-18(25)6-4-17(16)13-19/h4-7,12-13,15,20-21,26H,8-11,14H2,1-3H3. The van der Waals surface area contributed by atoms with Crippen molar-refractivity contribution in [1.29, 1.82) is 0 Å². The molecule has 12 heteroatoms. The number of morpholine rings is 1. The Morgan fingerprint density at radius 2 is 1.83 bits per heavy atom. The molecule has 2 aliphatic rings. The zero-order chi connectivity index (χ0) is 26.2. The zero-order valence-electron chi connectivity index (χ0n) is 20.3. The quantitative estimate of drug-likeness (QED) is 0.590. The van der Waals surface area contributed by atoms with Gasteiger partial charge in [0.15, 0.2) is 6.10 Å². The smallest absolute Gasteiger partial charge is 0.253 e. The zero-order valence-corrected chi connectivity index (χ0v) is 21.9. The first-order chi connectivity index (χ1) is 17.0. The molecular weight excluding hydrogens is 508 g/mol. The predicted octanol–water partition coefficient (Wildman–Crippen LogP) is 1.08. The van der Waals surface area contributed by atoms with Crippen LogP contribution in [0.3, 0.4) is 0 Å². The second-order valence-electron chi connectivity index (χ2n) is 9.20. The van der Waals surface area contributed by atoms with Crippen molar-refractivity contribution in [2.75, 3.05) is 40.3 Å². The fourth-order valence-electron chi connectivity index (χ4n) is 4.50. The van der Waals surface area contributed by atoms with Gasteiger partial charge in [0, 0.05) is 32.2 Å². The van der Waals surface area contributed by atoms with Crippen LogP contribution in [0.5, 0.6) is 0 Å². The highest BCUT2D eigenvalue weighted by atomic mass is 35.5. The number of likely N-dealkylation sites (N-methyl/N-ethyl adjacent to an activating group) is 1. The predicted molar refractivity (Wildman–Crippen MR) is 134 cm³/mol. The number of hydrogen-bond donors (Lipinski definition) is 1. The van der Waals surface area contributed by atoms with Gasteiger partial charge in [-0.3, -0.25) is 14.4 Å². The molecule has 0 aliphatic carbocycles. The van der Waals surface area contributed by atoms with Crippen LogP contribution in [0.25, 0.3) is 10.8 Å². The van der Waals surface area contributed by atoms with Crippen molar-refractivity contribution < 1.29 is 27.5 Å². The highest BCUT2D eigenvalue weighted by Gasteiger charge is 2.41. The summed E-state index contributed by atoms with van der Waals surface area (Å²) in [6.07, 6.45) is -0.513. The van der Waals surface area contributed by atoms with E-state index in [-0.39, 0.29) is 42.8 Å². The number of benzene rings is 2. The third-order valence-electron chi connectivity index (χ3n) is 6.54. The van der Waals surface area contributed by atoms with E-state index in [1.807, 2.05) is 0 Å². The molecule has 4 rings (SSSR count). The fraction of sp³-hybridized carbons (Fsp3) is 0.458. The number of halogens is 1. The second-order valence-corrected chi connectivity index (χ2v) is 11.4. The first-order valence-corrected chi connectivity index (χ1v) is 13.5. The van der Waals surface area contributed by atoms with Gasteiger partial charge in [-0.15, -0.1) is 0 Å². The number of rotatable bonds is 6. The number of sulfonamides is 1. The molecule has 0 spiro atoms. The lowest BCUT2D eigenvalue weighted by molar-refractivity contribution is -0.156. The Morgan fingerprint density at radius 1 is 1.14 bits per heavy atom.